The van der Waals surface area contributed by atoms with Gasteiger partial charge in [-0.25, -0.2) is 14.4 Å². The maximum atomic E-state index is 13.8. The standard InChI is InChI=1S/C19H19FN6O/c1-25-5-7-26(8-6-25)17-12-22-16(11-23-17)19(27)24-15-10-14(20)9-13-3-2-4-21-18(13)15/h2-4,9-12H,5-8H2,1H3,(H,24,27). The molecule has 1 aromatic carbocycles. The molecular weight excluding hydrogens is 347 g/mol. The average molecular weight is 366 g/mol. The maximum Gasteiger partial charge on any atom is 0.275 e. The van der Waals surface area contributed by atoms with Crippen molar-refractivity contribution in [1.29, 1.82) is 0 Å². The van der Waals surface area contributed by atoms with Gasteiger partial charge in [0.05, 0.1) is 23.6 Å². The Kier molecular flexibility index (Phi) is 4.64. The normalized spacial score (nSPS) is 15.1. The summed E-state index contributed by atoms with van der Waals surface area (Å²) in [5, 5.41) is 3.30. The van der Waals surface area contributed by atoms with E-state index in [1.807, 2.05) is 0 Å². The molecule has 1 aliphatic heterocycles. The Morgan fingerprint density at radius 2 is 1.93 bits per heavy atom. The number of carbonyl (C=O) groups is 1. The molecule has 0 unspecified atom stereocenters. The average Bonchev–Trinajstić information content (AvgIpc) is 2.68. The fourth-order valence-electron chi connectivity index (χ4n) is 3.07. The number of benzene rings is 1. The van der Waals surface area contributed by atoms with Gasteiger partial charge in [-0.1, -0.05) is 6.07 Å². The SMILES string of the molecule is CN1CCN(c2cnc(C(=O)Nc3cc(F)cc4cccnc34)cn2)CC1. The number of rotatable bonds is 3. The van der Waals surface area contributed by atoms with E-state index < -0.39 is 11.7 Å². The van der Waals surface area contributed by atoms with Crippen molar-refractivity contribution in [2.75, 3.05) is 43.4 Å². The van der Waals surface area contributed by atoms with Crippen LogP contribution in [0.1, 0.15) is 10.5 Å². The lowest BCUT2D eigenvalue weighted by molar-refractivity contribution is 0.102. The number of piperazine rings is 1. The first kappa shape index (κ1) is 17.3. The smallest absolute Gasteiger partial charge is 0.275 e. The van der Waals surface area contributed by atoms with Crippen molar-refractivity contribution >= 4 is 28.3 Å². The van der Waals surface area contributed by atoms with Crippen LogP contribution in [-0.4, -0.2) is 59.0 Å². The highest BCUT2D eigenvalue weighted by Crippen LogP contribution is 2.23. The van der Waals surface area contributed by atoms with E-state index in [0.717, 1.165) is 32.0 Å². The molecule has 1 fully saturated rings. The highest BCUT2D eigenvalue weighted by Gasteiger charge is 2.17. The van der Waals surface area contributed by atoms with Gasteiger partial charge in [0.2, 0.25) is 0 Å². The van der Waals surface area contributed by atoms with Gasteiger partial charge in [0, 0.05) is 37.8 Å². The van der Waals surface area contributed by atoms with Crippen molar-refractivity contribution in [3.8, 4) is 0 Å². The third-order valence-corrected chi connectivity index (χ3v) is 4.62. The Hall–Kier alpha value is -3.13. The summed E-state index contributed by atoms with van der Waals surface area (Å²) < 4.78 is 13.8. The van der Waals surface area contributed by atoms with Crippen LogP contribution in [0.3, 0.4) is 0 Å². The second-order valence-electron chi connectivity index (χ2n) is 6.53. The largest absolute Gasteiger partial charge is 0.353 e. The van der Waals surface area contributed by atoms with Gasteiger partial charge >= 0.3 is 0 Å². The Labute approximate surface area is 155 Å². The molecule has 8 heteroatoms. The molecule has 138 valence electrons. The first-order valence-electron chi connectivity index (χ1n) is 8.71. The Morgan fingerprint density at radius 3 is 2.67 bits per heavy atom. The molecule has 4 rings (SSSR count). The number of nitrogens with zero attached hydrogens (tertiary/aromatic N) is 5. The molecule has 7 nitrogen and oxygen atoms in total. The molecule has 1 aliphatic rings. The number of hydrogen-bond acceptors (Lipinski definition) is 6. The molecule has 0 aliphatic carbocycles. The molecule has 0 saturated carbocycles. The highest BCUT2D eigenvalue weighted by molar-refractivity contribution is 6.07. The monoisotopic (exact) mass is 366 g/mol. The lowest BCUT2D eigenvalue weighted by atomic mass is 10.2. The number of pyridine rings is 1. The first-order valence-corrected chi connectivity index (χ1v) is 8.71. The zero-order valence-electron chi connectivity index (χ0n) is 14.9. The molecule has 27 heavy (non-hydrogen) atoms. The Morgan fingerprint density at radius 1 is 1.11 bits per heavy atom. The number of halogens is 1. The third kappa shape index (κ3) is 3.70. The number of hydrogen-bond donors (Lipinski definition) is 1. The van der Waals surface area contributed by atoms with Crippen molar-refractivity contribution in [2.24, 2.45) is 0 Å². The minimum absolute atomic E-state index is 0.168. The zero-order valence-corrected chi connectivity index (χ0v) is 14.9. The van der Waals surface area contributed by atoms with E-state index in [4.69, 9.17) is 0 Å². The number of likely N-dealkylation sites (N-methyl/N-ethyl adjacent to an activating group) is 1. The summed E-state index contributed by atoms with van der Waals surface area (Å²) in [5.74, 6) is -0.148. The molecular formula is C19H19FN6O. The van der Waals surface area contributed by atoms with E-state index in [9.17, 15) is 9.18 Å². The van der Waals surface area contributed by atoms with Gasteiger partial charge in [0.25, 0.3) is 5.91 Å². The Balaban J connectivity index is 1.52. The van der Waals surface area contributed by atoms with Crippen LogP contribution in [-0.2, 0) is 0 Å². The first-order chi connectivity index (χ1) is 13.1. The van der Waals surface area contributed by atoms with Crippen molar-refractivity contribution in [3.05, 3.63) is 54.4 Å². The van der Waals surface area contributed by atoms with E-state index >= 15 is 0 Å². The Bertz CT molecular complexity index is 970. The molecule has 2 aromatic heterocycles. The second-order valence-corrected chi connectivity index (χ2v) is 6.53. The summed E-state index contributed by atoms with van der Waals surface area (Å²) in [6.45, 7) is 3.67. The van der Waals surface area contributed by atoms with Gasteiger partial charge in [-0.2, -0.15) is 0 Å². The van der Waals surface area contributed by atoms with Crippen LogP contribution in [0.25, 0.3) is 10.9 Å². The number of fused-ring (bicyclic) bond motifs is 1. The summed E-state index contributed by atoms with van der Waals surface area (Å²) in [6.07, 6.45) is 4.64. The van der Waals surface area contributed by atoms with Crippen LogP contribution >= 0.6 is 0 Å². The van der Waals surface area contributed by atoms with Crippen LogP contribution in [0.4, 0.5) is 15.9 Å². The molecule has 3 aromatic rings. The molecule has 0 bridgehead atoms. The van der Waals surface area contributed by atoms with E-state index in [-0.39, 0.29) is 5.69 Å². The number of aromatic nitrogens is 3. The summed E-state index contributed by atoms with van der Waals surface area (Å²) in [7, 11) is 2.08. The van der Waals surface area contributed by atoms with Gasteiger partial charge in [-0.3, -0.25) is 9.78 Å². The van der Waals surface area contributed by atoms with Crippen molar-refractivity contribution in [2.45, 2.75) is 0 Å². The second kappa shape index (κ2) is 7.24. The predicted octanol–water partition coefficient (Wildman–Crippen LogP) is 2.17. The van der Waals surface area contributed by atoms with E-state index in [0.29, 0.717) is 16.6 Å². The minimum atomic E-state index is -0.454. The topological polar surface area (TPSA) is 74.2 Å². The fraction of sp³-hybridized carbons (Fsp3) is 0.263. The van der Waals surface area contributed by atoms with Gasteiger partial charge in [0.15, 0.2) is 0 Å². The summed E-state index contributed by atoms with van der Waals surface area (Å²) in [4.78, 5) is 29.7. The van der Waals surface area contributed by atoms with Crippen LogP contribution < -0.4 is 10.2 Å². The van der Waals surface area contributed by atoms with Gasteiger partial charge in [0.1, 0.15) is 17.3 Å². The maximum absolute atomic E-state index is 13.8. The van der Waals surface area contributed by atoms with Crippen LogP contribution in [0.2, 0.25) is 0 Å². The number of carbonyl (C=O) groups excluding carboxylic acids is 1. The van der Waals surface area contributed by atoms with Crippen molar-refractivity contribution < 1.29 is 9.18 Å². The predicted molar refractivity (Wildman–Crippen MR) is 101 cm³/mol. The summed E-state index contributed by atoms with van der Waals surface area (Å²) >= 11 is 0. The van der Waals surface area contributed by atoms with Crippen LogP contribution in [0.15, 0.2) is 42.9 Å². The number of amides is 1. The van der Waals surface area contributed by atoms with Gasteiger partial charge in [-0.05, 0) is 25.2 Å². The summed E-state index contributed by atoms with van der Waals surface area (Å²) in [5.41, 5.74) is 0.996. The third-order valence-electron chi connectivity index (χ3n) is 4.62. The minimum Gasteiger partial charge on any atom is -0.353 e. The van der Waals surface area contributed by atoms with Crippen LogP contribution in [0.5, 0.6) is 0 Å². The highest BCUT2D eigenvalue weighted by atomic mass is 19.1. The molecule has 1 saturated heterocycles. The molecule has 0 spiro atoms. The van der Waals surface area contributed by atoms with E-state index in [1.54, 1.807) is 24.5 Å². The lowest BCUT2D eigenvalue weighted by Crippen LogP contribution is -2.44. The molecule has 0 radical (unpaired) electrons. The molecule has 3 heterocycles. The van der Waals surface area contributed by atoms with Gasteiger partial charge in [-0.15, -0.1) is 0 Å². The number of nitrogens with one attached hydrogen (secondary N) is 1. The quantitative estimate of drug-likeness (QED) is 0.766. The van der Waals surface area contributed by atoms with Gasteiger partial charge < -0.3 is 15.1 Å². The number of anilines is 2. The van der Waals surface area contributed by atoms with Crippen molar-refractivity contribution in [1.82, 2.24) is 19.9 Å². The molecule has 0 atom stereocenters. The summed E-state index contributed by atoms with van der Waals surface area (Å²) in [6, 6.07) is 6.09. The van der Waals surface area contributed by atoms with Crippen molar-refractivity contribution in [3.63, 3.8) is 0 Å². The fourth-order valence-corrected chi connectivity index (χ4v) is 3.07. The molecule has 1 N–H and O–H groups in total. The zero-order chi connectivity index (χ0) is 18.8. The van der Waals surface area contributed by atoms with E-state index in [1.165, 1.54) is 18.3 Å². The molecule has 1 amide bonds. The lowest BCUT2D eigenvalue weighted by Gasteiger charge is -2.32. The van der Waals surface area contributed by atoms with Crippen LogP contribution in [0, 0.1) is 5.82 Å². The van der Waals surface area contributed by atoms with E-state index in [2.05, 4.69) is 37.1 Å².